The molecule has 1 aromatic rings. The van der Waals surface area contributed by atoms with Gasteiger partial charge in [-0.05, 0) is 37.6 Å². The van der Waals surface area contributed by atoms with Crippen LogP contribution in [0.3, 0.4) is 0 Å². The lowest BCUT2D eigenvalue weighted by Crippen LogP contribution is -2.52. The number of hydrogen-bond acceptors (Lipinski definition) is 3. The van der Waals surface area contributed by atoms with Gasteiger partial charge in [0.2, 0.25) is 10.0 Å². The van der Waals surface area contributed by atoms with Gasteiger partial charge in [-0.15, -0.1) is 0 Å². The Bertz CT molecular complexity index is 629. The van der Waals surface area contributed by atoms with E-state index in [0.717, 1.165) is 18.2 Å². The summed E-state index contributed by atoms with van der Waals surface area (Å²) < 4.78 is 64.5. The van der Waals surface area contributed by atoms with Crippen LogP contribution in [-0.4, -0.2) is 38.4 Å². The fourth-order valence-corrected chi connectivity index (χ4v) is 4.26. The molecule has 1 aromatic carbocycles. The standard InChI is InChI=1S/C13H17F3N2O2S/c1-9-7-11(13(14,15)16)3-4-12(9)21(19,20)18-6-5-17-8-10(18)2/h3-4,7,10,17H,5-6,8H2,1-2H3/t10-/m0/s1. The number of hydrogen-bond donors (Lipinski definition) is 1. The Kier molecular flexibility index (Phi) is 4.32. The highest BCUT2D eigenvalue weighted by molar-refractivity contribution is 7.89. The molecule has 8 heteroatoms. The second-order valence-electron chi connectivity index (χ2n) is 5.15. The second-order valence-corrected chi connectivity index (χ2v) is 7.01. The van der Waals surface area contributed by atoms with Gasteiger partial charge in [-0.3, -0.25) is 0 Å². The summed E-state index contributed by atoms with van der Waals surface area (Å²) in [5.74, 6) is 0. The van der Waals surface area contributed by atoms with Crippen LogP contribution in [-0.2, 0) is 16.2 Å². The van der Waals surface area contributed by atoms with E-state index in [-0.39, 0.29) is 16.5 Å². The molecular weight excluding hydrogens is 305 g/mol. The number of nitrogens with one attached hydrogen (secondary N) is 1. The number of piperazine rings is 1. The third-order valence-electron chi connectivity index (χ3n) is 3.53. The smallest absolute Gasteiger partial charge is 0.314 e. The van der Waals surface area contributed by atoms with Gasteiger partial charge in [-0.25, -0.2) is 8.42 Å². The molecule has 1 N–H and O–H groups in total. The summed E-state index contributed by atoms with van der Waals surface area (Å²) in [6.07, 6.45) is -4.48. The predicted molar refractivity (Wildman–Crippen MR) is 72.4 cm³/mol. The van der Waals surface area contributed by atoms with Crippen LogP contribution < -0.4 is 5.32 Å². The minimum absolute atomic E-state index is 0.0655. The van der Waals surface area contributed by atoms with Crippen molar-refractivity contribution < 1.29 is 21.6 Å². The molecular formula is C13H17F3N2O2S. The maximum Gasteiger partial charge on any atom is 0.416 e. The molecule has 0 saturated carbocycles. The molecule has 0 spiro atoms. The Hall–Kier alpha value is -1.12. The van der Waals surface area contributed by atoms with Crippen molar-refractivity contribution in [1.82, 2.24) is 9.62 Å². The predicted octanol–water partition coefficient (Wildman–Crippen LogP) is 2.00. The normalized spacial score (nSPS) is 21.5. The average Bonchev–Trinajstić information content (AvgIpc) is 2.37. The molecule has 0 bridgehead atoms. The fourth-order valence-electron chi connectivity index (χ4n) is 2.42. The first-order valence-electron chi connectivity index (χ1n) is 6.54. The van der Waals surface area contributed by atoms with E-state index in [1.165, 1.54) is 11.2 Å². The molecule has 118 valence electrons. The van der Waals surface area contributed by atoms with Crippen LogP contribution in [0.25, 0.3) is 0 Å². The van der Waals surface area contributed by atoms with Gasteiger partial charge in [0.1, 0.15) is 0 Å². The van der Waals surface area contributed by atoms with Crippen molar-refractivity contribution in [3.8, 4) is 0 Å². The first-order valence-corrected chi connectivity index (χ1v) is 7.98. The van der Waals surface area contributed by atoms with Gasteiger partial charge in [0.05, 0.1) is 10.5 Å². The van der Waals surface area contributed by atoms with Crippen molar-refractivity contribution in [2.24, 2.45) is 0 Å². The maximum absolute atomic E-state index is 12.6. The van der Waals surface area contributed by atoms with E-state index >= 15 is 0 Å². The van der Waals surface area contributed by atoms with Gasteiger partial charge in [0.25, 0.3) is 0 Å². The minimum atomic E-state index is -4.48. The number of benzene rings is 1. The first-order chi connectivity index (χ1) is 9.64. The van der Waals surface area contributed by atoms with Gasteiger partial charge in [-0.2, -0.15) is 17.5 Å². The molecule has 0 aliphatic carbocycles. The Labute approximate surface area is 122 Å². The Morgan fingerprint density at radius 3 is 2.52 bits per heavy atom. The lowest BCUT2D eigenvalue weighted by atomic mass is 10.1. The molecule has 1 aliphatic heterocycles. The van der Waals surface area contributed by atoms with Crippen LogP contribution in [0.4, 0.5) is 13.2 Å². The summed E-state index contributed by atoms with van der Waals surface area (Å²) in [5.41, 5.74) is -0.733. The van der Waals surface area contributed by atoms with Crippen LogP contribution in [0.15, 0.2) is 23.1 Å². The summed E-state index contributed by atoms with van der Waals surface area (Å²) in [4.78, 5) is -0.0655. The van der Waals surface area contributed by atoms with Gasteiger partial charge in [0, 0.05) is 25.7 Å². The van der Waals surface area contributed by atoms with Crippen molar-refractivity contribution in [2.75, 3.05) is 19.6 Å². The molecule has 21 heavy (non-hydrogen) atoms. The molecule has 0 radical (unpaired) electrons. The summed E-state index contributed by atoms with van der Waals surface area (Å²) in [6.45, 7) is 4.52. The van der Waals surface area contributed by atoms with Crippen LogP contribution in [0, 0.1) is 6.92 Å². The van der Waals surface area contributed by atoms with E-state index in [9.17, 15) is 21.6 Å². The SMILES string of the molecule is Cc1cc(C(F)(F)F)ccc1S(=O)(=O)N1CCNC[C@@H]1C. The third-order valence-corrected chi connectivity index (χ3v) is 5.70. The number of aryl methyl sites for hydroxylation is 1. The third kappa shape index (κ3) is 3.22. The Morgan fingerprint density at radius 2 is 2.00 bits per heavy atom. The van der Waals surface area contributed by atoms with Crippen LogP contribution in [0.5, 0.6) is 0 Å². The molecule has 2 rings (SSSR count). The van der Waals surface area contributed by atoms with E-state index in [0.29, 0.717) is 19.6 Å². The van der Waals surface area contributed by atoms with E-state index in [2.05, 4.69) is 5.32 Å². The maximum atomic E-state index is 12.6. The monoisotopic (exact) mass is 322 g/mol. The second kappa shape index (κ2) is 5.58. The van der Waals surface area contributed by atoms with Gasteiger partial charge in [0.15, 0.2) is 0 Å². The van der Waals surface area contributed by atoms with E-state index < -0.39 is 21.8 Å². The summed E-state index contributed by atoms with van der Waals surface area (Å²) >= 11 is 0. The topological polar surface area (TPSA) is 49.4 Å². The lowest BCUT2D eigenvalue weighted by Gasteiger charge is -2.33. The Balaban J connectivity index is 2.41. The minimum Gasteiger partial charge on any atom is -0.314 e. The van der Waals surface area contributed by atoms with Crippen molar-refractivity contribution in [3.63, 3.8) is 0 Å². The number of alkyl halides is 3. The molecule has 1 heterocycles. The molecule has 0 aromatic heterocycles. The number of rotatable bonds is 2. The molecule has 1 saturated heterocycles. The number of halogens is 3. The van der Waals surface area contributed by atoms with Crippen LogP contribution >= 0.6 is 0 Å². The molecule has 1 aliphatic rings. The molecule has 1 fully saturated rings. The quantitative estimate of drug-likeness (QED) is 0.906. The largest absolute Gasteiger partial charge is 0.416 e. The number of nitrogens with zero attached hydrogens (tertiary/aromatic N) is 1. The molecule has 4 nitrogen and oxygen atoms in total. The summed E-state index contributed by atoms with van der Waals surface area (Å²) in [7, 11) is -3.78. The van der Waals surface area contributed by atoms with Crippen molar-refractivity contribution in [3.05, 3.63) is 29.3 Å². The van der Waals surface area contributed by atoms with Crippen molar-refractivity contribution in [2.45, 2.75) is 31.0 Å². The fraction of sp³-hybridized carbons (Fsp3) is 0.538. The van der Waals surface area contributed by atoms with Crippen molar-refractivity contribution >= 4 is 10.0 Å². The van der Waals surface area contributed by atoms with Gasteiger partial charge in [-0.1, -0.05) is 0 Å². The van der Waals surface area contributed by atoms with Crippen molar-refractivity contribution in [1.29, 1.82) is 0 Å². The summed E-state index contributed by atoms with van der Waals surface area (Å²) in [6, 6.07) is 2.50. The zero-order valence-electron chi connectivity index (χ0n) is 11.7. The zero-order chi connectivity index (χ0) is 15.8. The van der Waals surface area contributed by atoms with E-state index in [1.54, 1.807) is 6.92 Å². The highest BCUT2D eigenvalue weighted by atomic mass is 32.2. The zero-order valence-corrected chi connectivity index (χ0v) is 12.6. The first kappa shape index (κ1) is 16.3. The van der Waals surface area contributed by atoms with Gasteiger partial charge < -0.3 is 5.32 Å². The summed E-state index contributed by atoms with van der Waals surface area (Å²) in [5, 5.41) is 3.08. The van der Waals surface area contributed by atoms with Gasteiger partial charge >= 0.3 is 6.18 Å². The molecule has 1 atom stereocenters. The lowest BCUT2D eigenvalue weighted by molar-refractivity contribution is -0.137. The average molecular weight is 322 g/mol. The molecule has 0 unspecified atom stereocenters. The van der Waals surface area contributed by atoms with E-state index in [1.807, 2.05) is 0 Å². The highest BCUT2D eigenvalue weighted by Gasteiger charge is 2.34. The number of sulfonamides is 1. The van der Waals surface area contributed by atoms with E-state index in [4.69, 9.17) is 0 Å². The Morgan fingerprint density at radius 1 is 1.33 bits per heavy atom. The molecule has 0 amide bonds. The van der Waals surface area contributed by atoms with Crippen LogP contribution in [0.1, 0.15) is 18.1 Å². The highest BCUT2D eigenvalue weighted by Crippen LogP contribution is 2.32. The van der Waals surface area contributed by atoms with Crippen LogP contribution in [0.2, 0.25) is 0 Å².